The van der Waals surface area contributed by atoms with Gasteiger partial charge in [0.1, 0.15) is 0 Å². The van der Waals surface area contributed by atoms with E-state index in [0.29, 0.717) is 5.92 Å². The van der Waals surface area contributed by atoms with Crippen LogP contribution in [0, 0.1) is 5.92 Å². The number of benzene rings is 1. The quantitative estimate of drug-likeness (QED) is 0.808. The molecule has 0 spiro atoms. The molecule has 0 aliphatic heterocycles. The van der Waals surface area contributed by atoms with E-state index in [1.807, 2.05) is 24.3 Å². The van der Waals surface area contributed by atoms with Crippen LogP contribution in [0.5, 0.6) is 0 Å². The summed E-state index contributed by atoms with van der Waals surface area (Å²) in [6, 6.07) is 8.11. The standard InChI is InChI=1S/C16H21ClN2O/c17-16-13-3-1-2-4-14(13)19-15(16)10-18-9-11-5-7-12(20)8-6-11/h1-4,11-12,18-20H,5-10H2. The van der Waals surface area contributed by atoms with Crippen LogP contribution in [0.3, 0.4) is 0 Å². The Bertz CT molecular complexity index is 573. The topological polar surface area (TPSA) is 48.0 Å². The fraction of sp³-hybridized carbons (Fsp3) is 0.500. The van der Waals surface area contributed by atoms with Gasteiger partial charge in [-0.15, -0.1) is 0 Å². The van der Waals surface area contributed by atoms with E-state index in [4.69, 9.17) is 11.6 Å². The molecule has 0 atom stereocenters. The van der Waals surface area contributed by atoms with Crippen molar-refractivity contribution in [1.29, 1.82) is 0 Å². The van der Waals surface area contributed by atoms with E-state index < -0.39 is 0 Å². The number of H-pyrrole nitrogens is 1. The SMILES string of the molecule is OC1CCC(CNCc2[nH]c3ccccc3c2Cl)CC1. The van der Waals surface area contributed by atoms with Gasteiger partial charge >= 0.3 is 0 Å². The van der Waals surface area contributed by atoms with E-state index in [-0.39, 0.29) is 6.10 Å². The lowest BCUT2D eigenvalue weighted by molar-refractivity contribution is 0.108. The minimum absolute atomic E-state index is 0.0746. The zero-order chi connectivity index (χ0) is 13.9. The summed E-state index contributed by atoms with van der Waals surface area (Å²) >= 11 is 6.39. The van der Waals surface area contributed by atoms with Gasteiger partial charge in [0.2, 0.25) is 0 Å². The number of hydrogen-bond donors (Lipinski definition) is 3. The Hall–Kier alpha value is -1.03. The normalized spacial score (nSPS) is 23.3. The summed E-state index contributed by atoms with van der Waals surface area (Å²) in [7, 11) is 0. The van der Waals surface area contributed by atoms with Crippen LogP contribution in [0.25, 0.3) is 10.9 Å². The molecule has 1 aromatic heterocycles. The van der Waals surface area contributed by atoms with Crippen molar-refractivity contribution in [2.24, 2.45) is 5.92 Å². The first-order valence-electron chi connectivity index (χ1n) is 7.38. The second-order valence-electron chi connectivity index (χ2n) is 5.77. The maximum absolute atomic E-state index is 9.50. The van der Waals surface area contributed by atoms with Crippen molar-refractivity contribution in [2.75, 3.05) is 6.54 Å². The minimum atomic E-state index is -0.0746. The predicted molar refractivity (Wildman–Crippen MR) is 83.0 cm³/mol. The van der Waals surface area contributed by atoms with Crippen LogP contribution in [0.1, 0.15) is 31.4 Å². The summed E-state index contributed by atoms with van der Waals surface area (Å²) in [6.45, 7) is 1.77. The summed E-state index contributed by atoms with van der Waals surface area (Å²) in [5.41, 5.74) is 2.15. The highest BCUT2D eigenvalue weighted by Crippen LogP contribution is 2.27. The Labute approximate surface area is 124 Å². The van der Waals surface area contributed by atoms with Crippen molar-refractivity contribution in [3.63, 3.8) is 0 Å². The lowest BCUT2D eigenvalue weighted by Gasteiger charge is -2.25. The maximum Gasteiger partial charge on any atom is 0.0705 e. The van der Waals surface area contributed by atoms with Crippen molar-refractivity contribution in [2.45, 2.75) is 38.3 Å². The molecular formula is C16H21ClN2O. The van der Waals surface area contributed by atoms with Gasteiger partial charge < -0.3 is 15.4 Å². The van der Waals surface area contributed by atoms with Crippen LogP contribution in [0.2, 0.25) is 5.02 Å². The van der Waals surface area contributed by atoms with Crippen LogP contribution in [0.4, 0.5) is 0 Å². The molecule has 3 nitrogen and oxygen atoms in total. The van der Waals surface area contributed by atoms with Crippen LogP contribution >= 0.6 is 11.6 Å². The third-order valence-corrected chi connectivity index (χ3v) is 4.70. The van der Waals surface area contributed by atoms with Crippen molar-refractivity contribution in [1.82, 2.24) is 10.3 Å². The molecule has 1 fully saturated rings. The van der Waals surface area contributed by atoms with Crippen molar-refractivity contribution in [3.05, 3.63) is 35.0 Å². The minimum Gasteiger partial charge on any atom is -0.393 e. The van der Waals surface area contributed by atoms with Gasteiger partial charge in [-0.25, -0.2) is 0 Å². The second-order valence-corrected chi connectivity index (χ2v) is 6.15. The molecule has 1 aliphatic rings. The van der Waals surface area contributed by atoms with Crippen LogP contribution in [-0.2, 0) is 6.54 Å². The molecule has 1 aliphatic carbocycles. The second kappa shape index (κ2) is 6.17. The highest BCUT2D eigenvalue weighted by molar-refractivity contribution is 6.36. The summed E-state index contributed by atoms with van der Waals surface area (Å²) < 4.78 is 0. The Morgan fingerprint density at radius 2 is 1.95 bits per heavy atom. The van der Waals surface area contributed by atoms with Crippen LogP contribution in [-0.4, -0.2) is 22.7 Å². The molecule has 3 rings (SSSR count). The fourth-order valence-electron chi connectivity index (χ4n) is 3.04. The number of rotatable bonds is 4. The number of halogens is 1. The average molecular weight is 293 g/mol. The Balaban J connectivity index is 1.56. The fourth-order valence-corrected chi connectivity index (χ4v) is 3.31. The number of aromatic amines is 1. The van der Waals surface area contributed by atoms with Crippen LogP contribution in [0.15, 0.2) is 24.3 Å². The number of para-hydroxylation sites is 1. The molecule has 0 saturated heterocycles. The number of nitrogens with one attached hydrogen (secondary N) is 2. The number of aliphatic hydroxyl groups is 1. The van der Waals surface area contributed by atoms with E-state index in [0.717, 1.165) is 60.4 Å². The average Bonchev–Trinajstić information content (AvgIpc) is 2.78. The van der Waals surface area contributed by atoms with E-state index in [2.05, 4.69) is 10.3 Å². The molecule has 1 aromatic carbocycles. The monoisotopic (exact) mass is 292 g/mol. The van der Waals surface area contributed by atoms with Gasteiger partial charge in [0, 0.05) is 23.1 Å². The van der Waals surface area contributed by atoms with E-state index >= 15 is 0 Å². The smallest absolute Gasteiger partial charge is 0.0705 e. The molecule has 1 heterocycles. The first-order valence-corrected chi connectivity index (χ1v) is 7.75. The maximum atomic E-state index is 9.50. The number of fused-ring (bicyclic) bond motifs is 1. The molecule has 0 unspecified atom stereocenters. The zero-order valence-corrected chi connectivity index (χ0v) is 12.3. The van der Waals surface area contributed by atoms with E-state index in [1.54, 1.807) is 0 Å². The van der Waals surface area contributed by atoms with Gasteiger partial charge in [0.15, 0.2) is 0 Å². The molecule has 3 N–H and O–H groups in total. The highest BCUT2D eigenvalue weighted by Gasteiger charge is 2.19. The number of aromatic nitrogens is 1. The van der Waals surface area contributed by atoms with Gasteiger partial charge in [0.25, 0.3) is 0 Å². The molecule has 4 heteroatoms. The third kappa shape index (κ3) is 3.00. The van der Waals surface area contributed by atoms with Crippen LogP contribution < -0.4 is 5.32 Å². The van der Waals surface area contributed by atoms with Crippen molar-refractivity contribution in [3.8, 4) is 0 Å². The summed E-state index contributed by atoms with van der Waals surface area (Å²) in [4.78, 5) is 3.37. The molecule has 1 saturated carbocycles. The Morgan fingerprint density at radius 1 is 1.20 bits per heavy atom. The third-order valence-electron chi connectivity index (χ3n) is 4.27. The molecule has 2 aromatic rings. The molecule has 0 amide bonds. The Kier molecular flexibility index (Phi) is 4.29. The van der Waals surface area contributed by atoms with Gasteiger partial charge in [-0.1, -0.05) is 29.8 Å². The summed E-state index contributed by atoms with van der Waals surface area (Å²) in [6.07, 6.45) is 4.05. The highest BCUT2D eigenvalue weighted by atomic mass is 35.5. The summed E-state index contributed by atoms with van der Waals surface area (Å²) in [5.74, 6) is 0.682. The number of aliphatic hydroxyl groups excluding tert-OH is 1. The molecule has 0 radical (unpaired) electrons. The van der Waals surface area contributed by atoms with Gasteiger partial charge in [0.05, 0.1) is 11.1 Å². The molecule has 108 valence electrons. The van der Waals surface area contributed by atoms with Crippen molar-refractivity contribution >= 4 is 22.5 Å². The predicted octanol–water partition coefficient (Wildman–Crippen LogP) is 3.46. The van der Waals surface area contributed by atoms with E-state index in [9.17, 15) is 5.11 Å². The lowest BCUT2D eigenvalue weighted by atomic mass is 9.87. The summed E-state index contributed by atoms with van der Waals surface area (Å²) in [5, 5.41) is 14.9. The van der Waals surface area contributed by atoms with Gasteiger partial charge in [-0.3, -0.25) is 0 Å². The molecule has 20 heavy (non-hydrogen) atoms. The molecular weight excluding hydrogens is 272 g/mol. The van der Waals surface area contributed by atoms with Gasteiger partial charge in [-0.05, 0) is 44.2 Å². The number of hydrogen-bond acceptors (Lipinski definition) is 2. The zero-order valence-electron chi connectivity index (χ0n) is 11.5. The van der Waals surface area contributed by atoms with Gasteiger partial charge in [-0.2, -0.15) is 0 Å². The Morgan fingerprint density at radius 3 is 2.70 bits per heavy atom. The van der Waals surface area contributed by atoms with Crippen molar-refractivity contribution < 1.29 is 5.11 Å². The molecule has 0 bridgehead atoms. The van der Waals surface area contributed by atoms with E-state index in [1.165, 1.54) is 0 Å². The lowest BCUT2D eigenvalue weighted by Crippen LogP contribution is -2.27. The first kappa shape index (κ1) is 13.9. The first-order chi connectivity index (χ1) is 9.74. The largest absolute Gasteiger partial charge is 0.393 e.